The molecule has 2 aliphatic rings. The standard InChI is InChI=1S/C20H30N2O2/c1-22-13-3-6-19(22)17-11-12-18(21-14-17)5-2-4-15-7-9-16(10-8-15)20(23)24/h11-12,14-16,19H,2-10,13H2,1H3,(H,23,24)/t15-,16-,19-/m0/s1. The van der Waals surface area contributed by atoms with Gasteiger partial charge < -0.3 is 5.11 Å². The fourth-order valence-electron chi connectivity index (χ4n) is 4.38. The van der Waals surface area contributed by atoms with Gasteiger partial charge in [-0.1, -0.05) is 12.5 Å². The van der Waals surface area contributed by atoms with Gasteiger partial charge in [0.1, 0.15) is 0 Å². The molecule has 0 unspecified atom stereocenters. The van der Waals surface area contributed by atoms with Crippen molar-refractivity contribution < 1.29 is 9.90 Å². The van der Waals surface area contributed by atoms with Gasteiger partial charge in [0.2, 0.25) is 0 Å². The number of rotatable bonds is 6. The molecule has 1 N–H and O–H groups in total. The number of pyridine rings is 1. The summed E-state index contributed by atoms with van der Waals surface area (Å²) in [6, 6.07) is 5.01. The van der Waals surface area contributed by atoms with Gasteiger partial charge in [0, 0.05) is 17.9 Å². The topological polar surface area (TPSA) is 53.4 Å². The van der Waals surface area contributed by atoms with Crippen molar-refractivity contribution in [2.75, 3.05) is 13.6 Å². The molecular formula is C20H30N2O2. The molecule has 0 radical (unpaired) electrons. The minimum atomic E-state index is -0.606. The number of nitrogens with zero attached hydrogens (tertiary/aromatic N) is 2. The Labute approximate surface area is 145 Å². The largest absolute Gasteiger partial charge is 0.481 e. The second kappa shape index (κ2) is 8.11. The van der Waals surface area contributed by atoms with E-state index in [1.807, 2.05) is 0 Å². The Hall–Kier alpha value is -1.42. The number of hydrogen-bond donors (Lipinski definition) is 1. The molecule has 1 saturated heterocycles. The number of aryl methyl sites for hydroxylation is 1. The molecule has 1 saturated carbocycles. The maximum atomic E-state index is 11.0. The van der Waals surface area contributed by atoms with E-state index >= 15 is 0 Å². The van der Waals surface area contributed by atoms with Crippen LogP contribution in [0.15, 0.2) is 18.3 Å². The lowest BCUT2D eigenvalue weighted by Gasteiger charge is -2.25. The van der Waals surface area contributed by atoms with E-state index in [-0.39, 0.29) is 5.92 Å². The molecule has 4 heteroatoms. The van der Waals surface area contributed by atoms with Crippen molar-refractivity contribution in [3.05, 3.63) is 29.6 Å². The Kier molecular flexibility index (Phi) is 5.88. The zero-order valence-electron chi connectivity index (χ0n) is 14.8. The first-order valence-electron chi connectivity index (χ1n) is 9.51. The van der Waals surface area contributed by atoms with Gasteiger partial charge in [-0.25, -0.2) is 0 Å². The third-order valence-corrected chi connectivity index (χ3v) is 5.99. The van der Waals surface area contributed by atoms with Gasteiger partial charge >= 0.3 is 5.97 Å². The highest BCUT2D eigenvalue weighted by Gasteiger charge is 2.25. The van der Waals surface area contributed by atoms with Gasteiger partial charge in [0.25, 0.3) is 0 Å². The quantitative estimate of drug-likeness (QED) is 0.854. The molecule has 1 aliphatic heterocycles. The summed E-state index contributed by atoms with van der Waals surface area (Å²) >= 11 is 0. The predicted molar refractivity (Wildman–Crippen MR) is 94.9 cm³/mol. The Bertz CT molecular complexity index is 535. The molecule has 2 heterocycles. The number of carboxylic acid groups (broad SMARTS) is 1. The number of likely N-dealkylation sites (tertiary alicyclic amines) is 1. The summed E-state index contributed by atoms with van der Waals surface area (Å²) in [5.74, 6) is 0.0156. The molecule has 1 aromatic rings. The Morgan fingerprint density at radius 2 is 2.04 bits per heavy atom. The summed E-state index contributed by atoms with van der Waals surface area (Å²) < 4.78 is 0. The minimum absolute atomic E-state index is 0.0934. The van der Waals surface area contributed by atoms with E-state index in [2.05, 4.69) is 35.3 Å². The average molecular weight is 330 g/mol. The molecule has 0 amide bonds. The van der Waals surface area contributed by atoms with E-state index < -0.39 is 5.97 Å². The van der Waals surface area contributed by atoms with Crippen LogP contribution in [0.25, 0.3) is 0 Å². The number of carbonyl (C=O) groups is 1. The lowest BCUT2D eigenvalue weighted by molar-refractivity contribution is -0.143. The summed E-state index contributed by atoms with van der Waals surface area (Å²) in [6.45, 7) is 1.19. The molecule has 132 valence electrons. The van der Waals surface area contributed by atoms with Crippen molar-refractivity contribution in [2.45, 2.75) is 63.8 Å². The van der Waals surface area contributed by atoms with Crippen molar-refractivity contribution >= 4 is 5.97 Å². The molecule has 0 aromatic carbocycles. The summed E-state index contributed by atoms with van der Waals surface area (Å²) in [5.41, 5.74) is 2.55. The van der Waals surface area contributed by atoms with Crippen LogP contribution in [-0.2, 0) is 11.2 Å². The van der Waals surface area contributed by atoms with Gasteiger partial charge in [-0.2, -0.15) is 0 Å². The fraction of sp³-hybridized carbons (Fsp3) is 0.700. The van der Waals surface area contributed by atoms with Crippen molar-refractivity contribution in [3.8, 4) is 0 Å². The van der Waals surface area contributed by atoms with Crippen LogP contribution < -0.4 is 0 Å². The molecule has 0 spiro atoms. The summed E-state index contributed by atoms with van der Waals surface area (Å²) in [4.78, 5) is 18.1. The number of hydrogen-bond acceptors (Lipinski definition) is 3. The zero-order valence-corrected chi connectivity index (χ0v) is 14.8. The summed E-state index contributed by atoms with van der Waals surface area (Å²) in [5, 5.41) is 9.06. The van der Waals surface area contributed by atoms with E-state index in [0.29, 0.717) is 12.0 Å². The van der Waals surface area contributed by atoms with Gasteiger partial charge in [0.05, 0.1) is 5.92 Å². The van der Waals surface area contributed by atoms with Crippen LogP contribution in [0.1, 0.15) is 68.7 Å². The molecule has 1 aromatic heterocycles. The van der Waals surface area contributed by atoms with Crippen LogP contribution in [0.3, 0.4) is 0 Å². The summed E-state index contributed by atoms with van der Waals surface area (Å²) in [7, 11) is 2.20. The molecule has 3 rings (SSSR count). The molecule has 0 bridgehead atoms. The second-order valence-corrected chi connectivity index (χ2v) is 7.67. The lowest BCUT2D eigenvalue weighted by Crippen LogP contribution is -2.21. The lowest BCUT2D eigenvalue weighted by atomic mass is 9.80. The van der Waals surface area contributed by atoms with E-state index in [0.717, 1.165) is 38.5 Å². The zero-order chi connectivity index (χ0) is 16.9. The molecule has 1 atom stereocenters. The maximum Gasteiger partial charge on any atom is 0.306 e. The normalized spacial score (nSPS) is 28.1. The number of aliphatic carboxylic acids is 1. The SMILES string of the molecule is CN1CCC[C@H]1c1ccc(CCC[C@H]2CC[C@H](C(=O)O)CC2)nc1. The first kappa shape index (κ1) is 17.4. The van der Waals surface area contributed by atoms with Crippen LogP contribution >= 0.6 is 0 Å². The molecule has 1 aliphatic carbocycles. The molecular weight excluding hydrogens is 300 g/mol. The first-order valence-corrected chi connectivity index (χ1v) is 9.51. The molecule has 24 heavy (non-hydrogen) atoms. The van der Waals surface area contributed by atoms with Crippen LogP contribution in [0.2, 0.25) is 0 Å². The summed E-state index contributed by atoms with van der Waals surface area (Å²) in [6.07, 6.45) is 11.9. The van der Waals surface area contributed by atoms with Crippen molar-refractivity contribution in [1.29, 1.82) is 0 Å². The first-order chi connectivity index (χ1) is 11.6. The van der Waals surface area contributed by atoms with Gasteiger partial charge in [0.15, 0.2) is 0 Å². The highest BCUT2D eigenvalue weighted by molar-refractivity contribution is 5.69. The van der Waals surface area contributed by atoms with Gasteiger partial charge in [-0.05, 0) is 82.5 Å². The highest BCUT2D eigenvalue weighted by Crippen LogP contribution is 2.32. The Morgan fingerprint density at radius 3 is 2.62 bits per heavy atom. The van der Waals surface area contributed by atoms with Crippen LogP contribution in [0, 0.1) is 11.8 Å². The van der Waals surface area contributed by atoms with E-state index in [1.165, 1.54) is 37.1 Å². The third-order valence-electron chi connectivity index (χ3n) is 5.99. The Balaban J connectivity index is 1.40. The van der Waals surface area contributed by atoms with Crippen molar-refractivity contribution in [1.82, 2.24) is 9.88 Å². The molecule has 4 nitrogen and oxygen atoms in total. The van der Waals surface area contributed by atoms with Gasteiger partial charge in [-0.3, -0.25) is 14.7 Å². The predicted octanol–water partition coefficient (Wildman–Crippen LogP) is 4.06. The van der Waals surface area contributed by atoms with E-state index in [9.17, 15) is 4.79 Å². The Morgan fingerprint density at radius 1 is 1.25 bits per heavy atom. The second-order valence-electron chi connectivity index (χ2n) is 7.67. The number of carboxylic acids is 1. The van der Waals surface area contributed by atoms with Crippen LogP contribution in [0.5, 0.6) is 0 Å². The third kappa shape index (κ3) is 4.35. The van der Waals surface area contributed by atoms with Gasteiger partial charge in [-0.15, -0.1) is 0 Å². The smallest absolute Gasteiger partial charge is 0.306 e. The minimum Gasteiger partial charge on any atom is -0.481 e. The van der Waals surface area contributed by atoms with Crippen LogP contribution in [-0.4, -0.2) is 34.6 Å². The average Bonchev–Trinajstić information content (AvgIpc) is 3.02. The van der Waals surface area contributed by atoms with E-state index in [1.54, 1.807) is 0 Å². The van der Waals surface area contributed by atoms with Crippen molar-refractivity contribution in [2.24, 2.45) is 11.8 Å². The highest BCUT2D eigenvalue weighted by atomic mass is 16.4. The van der Waals surface area contributed by atoms with Crippen LogP contribution in [0.4, 0.5) is 0 Å². The van der Waals surface area contributed by atoms with Crippen molar-refractivity contribution in [3.63, 3.8) is 0 Å². The monoisotopic (exact) mass is 330 g/mol. The fourth-order valence-corrected chi connectivity index (χ4v) is 4.38. The number of aromatic nitrogens is 1. The van der Waals surface area contributed by atoms with E-state index in [4.69, 9.17) is 5.11 Å². The maximum absolute atomic E-state index is 11.0. The molecule has 2 fully saturated rings.